The highest BCUT2D eigenvalue weighted by Crippen LogP contribution is 2.40. The van der Waals surface area contributed by atoms with E-state index in [0.29, 0.717) is 23.7 Å². The summed E-state index contributed by atoms with van der Waals surface area (Å²) in [4.78, 5) is 24.4. The second kappa shape index (κ2) is 10.4. The summed E-state index contributed by atoms with van der Waals surface area (Å²) in [6, 6.07) is 21.9. The molecule has 4 aromatic rings. The summed E-state index contributed by atoms with van der Waals surface area (Å²) in [5.41, 5.74) is 7.44. The summed E-state index contributed by atoms with van der Waals surface area (Å²) >= 11 is 0. The first kappa shape index (κ1) is 25.6. The molecule has 1 saturated carbocycles. The van der Waals surface area contributed by atoms with Crippen LogP contribution in [0.1, 0.15) is 77.0 Å². The number of carbonyl (C=O) groups is 2. The van der Waals surface area contributed by atoms with Crippen molar-refractivity contribution in [1.29, 1.82) is 0 Å². The van der Waals surface area contributed by atoms with Crippen LogP contribution in [-0.2, 0) is 18.3 Å². The molecule has 6 nitrogen and oxygen atoms in total. The molecule has 0 bridgehead atoms. The molecule has 2 N–H and O–H groups in total. The normalized spacial score (nSPS) is 14.7. The van der Waals surface area contributed by atoms with Crippen LogP contribution in [0.25, 0.3) is 10.9 Å². The predicted octanol–water partition coefficient (Wildman–Crippen LogP) is 6.30. The first-order valence-corrected chi connectivity index (χ1v) is 13.2. The molecule has 2 atom stereocenters. The maximum Gasteiger partial charge on any atom is 0.344 e. The fourth-order valence-electron chi connectivity index (χ4n) is 5.06. The molecule has 1 amide bonds. The zero-order valence-corrected chi connectivity index (χ0v) is 22.3. The lowest BCUT2D eigenvalue weighted by atomic mass is 10.0. The quantitative estimate of drug-likeness (QED) is 0.277. The molecule has 5 rings (SSSR count). The maximum atomic E-state index is 13.2. The molecule has 6 heteroatoms. The smallest absolute Gasteiger partial charge is 0.344 e. The number of ether oxygens (including phenoxy) is 1. The van der Waals surface area contributed by atoms with E-state index in [9.17, 15) is 9.59 Å². The van der Waals surface area contributed by atoms with Crippen LogP contribution < -0.4 is 10.1 Å². The van der Waals surface area contributed by atoms with Gasteiger partial charge in [0.05, 0.1) is 6.04 Å². The van der Waals surface area contributed by atoms with Gasteiger partial charge in [-0.3, -0.25) is 4.79 Å². The molecule has 0 spiro atoms. The van der Waals surface area contributed by atoms with Gasteiger partial charge >= 0.3 is 5.97 Å². The van der Waals surface area contributed by atoms with Crippen molar-refractivity contribution in [2.24, 2.45) is 7.05 Å². The molecular formula is C32H34N2O4. The predicted molar refractivity (Wildman–Crippen MR) is 149 cm³/mol. The Labute approximate surface area is 223 Å². The number of aromatic nitrogens is 1. The average Bonchev–Trinajstić information content (AvgIpc) is 3.73. The molecule has 0 aliphatic heterocycles. The van der Waals surface area contributed by atoms with Gasteiger partial charge in [0.1, 0.15) is 5.75 Å². The number of carboxylic acids is 1. The van der Waals surface area contributed by atoms with Gasteiger partial charge < -0.3 is 19.7 Å². The number of benzene rings is 3. The average molecular weight is 511 g/mol. The van der Waals surface area contributed by atoms with Gasteiger partial charge in [0.25, 0.3) is 5.91 Å². The van der Waals surface area contributed by atoms with Crippen LogP contribution in [0.5, 0.6) is 5.75 Å². The molecule has 3 aromatic carbocycles. The maximum absolute atomic E-state index is 13.2. The van der Waals surface area contributed by atoms with Crippen LogP contribution in [0.4, 0.5) is 0 Å². The number of hydrogen-bond donors (Lipinski definition) is 2. The van der Waals surface area contributed by atoms with E-state index in [2.05, 4.69) is 41.1 Å². The van der Waals surface area contributed by atoms with Crippen molar-refractivity contribution in [1.82, 2.24) is 9.88 Å². The number of rotatable bonds is 9. The molecule has 1 heterocycles. The van der Waals surface area contributed by atoms with Crippen molar-refractivity contribution in [3.8, 4) is 5.75 Å². The minimum atomic E-state index is -0.999. The van der Waals surface area contributed by atoms with Gasteiger partial charge in [-0.1, -0.05) is 42.5 Å². The number of nitrogens with zero attached hydrogens (tertiary/aromatic N) is 1. The number of aryl methyl sites for hydroxylation is 1. The number of amides is 1. The van der Waals surface area contributed by atoms with E-state index in [4.69, 9.17) is 9.84 Å². The summed E-state index contributed by atoms with van der Waals surface area (Å²) in [5.74, 6) is 0.125. The number of carboxylic acid groups (broad SMARTS) is 1. The van der Waals surface area contributed by atoms with Gasteiger partial charge in [-0.15, -0.1) is 0 Å². The highest BCUT2D eigenvalue weighted by Gasteiger charge is 2.24. The summed E-state index contributed by atoms with van der Waals surface area (Å²) in [6.45, 7) is 5.63. The van der Waals surface area contributed by atoms with Crippen LogP contribution in [0.2, 0.25) is 0 Å². The fraction of sp³-hybridized carbons (Fsp3) is 0.312. The second-order valence-electron chi connectivity index (χ2n) is 10.4. The van der Waals surface area contributed by atoms with Crippen LogP contribution in [0.15, 0.2) is 66.7 Å². The van der Waals surface area contributed by atoms with Gasteiger partial charge in [0.2, 0.25) is 0 Å². The fourth-order valence-corrected chi connectivity index (χ4v) is 5.06. The number of nitrogens with one attached hydrogen (secondary N) is 1. The topological polar surface area (TPSA) is 80.6 Å². The molecule has 1 fully saturated rings. The van der Waals surface area contributed by atoms with E-state index in [-0.39, 0.29) is 11.9 Å². The molecule has 196 valence electrons. The Kier molecular flexibility index (Phi) is 6.98. The molecular weight excluding hydrogens is 476 g/mol. The Bertz CT molecular complexity index is 1520. The highest BCUT2D eigenvalue weighted by molar-refractivity contribution is 5.99. The van der Waals surface area contributed by atoms with E-state index >= 15 is 0 Å². The van der Waals surface area contributed by atoms with E-state index in [1.807, 2.05) is 50.4 Å². The van der Waals surface area contributed by atoms with Crippen molar-refractivity contribution in [2.45, 2.75) is 58.1 Å². The van der Waals surface area contributed by atoms with E-state index in [1.54, 1.807) is 6.07 Å². The van der Waals surface area contributed by atoms with Crippen molar-refractivity contribution in [3.63, 3.8) is 0 Å². The molecule has 0 radical (unpaired) electrons. The first-order chi connectivity index (χ1) is 18.2. The van der Waals surface area contributed by atoms with Crippen LogP contribution >= 0.6 is 0 Å². The highest BCUT2D eigenvalue weighted by atomic mass is 16.5. The van der Waals surface area contributed by atoms with Crippen LogP contribution in [0, 0.1) is 6.92 Å². The molecule has 1 unspecified atom stereocenters. The van der Waals surface area contributed by atoms with Crippen molar-refractivity contribution in [2.75, 3.05) is 0 Å². The molecule has 1 aromatic heterocycles. The third-order valence-electron chi connectivity index (χ3n) is 7.63. The third kappa shape index (κ3) is 5.30. The summed E-state index contributed by atoms with van der Waals surface area (Å²) in [6.07, 6.45) is 2.26. The molecule has 0 saturated heterocycles. The lowest BCUT2D eigenvalue weighted by Gasteiger charge is -2.16. The Balaban J connectivity index is 1.35. The summed E-state index contributed by atoms with van der Waals surface area (Å²) in [7, 11) is 2.02. The van der Waals surface area contributed by atoms with Gasteiger partial charge in [0, 0.05) is 29.2 Å². The first-order valence-electron chi connectivity index (χ1n) is 13.2. The number of hydrogen-bond acceptors (Lipinski definition) is 3. The van der Waals surface area contributed by atoms with E-state index in [1.165, 1.54) is 30.9 Å². The Morgan fingerprint density at radius 1 is 1.05 bits per heavy atom. The SMILES string of the molecule is Cc1c(Cc2cccc(OC(C)C(=O)O)c2)c2ccc(C(=O)N[C@@H](C)c3cccc(C4CC4)c3)cc2n1C. The lowest BCUT2D eigenvalue weighted by Crippen LogP contribution is -2.26. The largest absolute Gasteiger partial charge is 0.479 e. The number of aliphatic carboxylic acids is 1. The second-order valence-corrected chi connectivity index (χ2v) is 10.4. The van der Waals surface area contributed by atoms with Gasteiger partial charge in [-0.2, -0.15) is 0 Å². The lowest BCUT2D eigenvalue weighted by molar-refractivity contribution is -0.144. The van der Waals surface area contributed by atoms with Crippen molar-refractivity contribution < 1.29 is 19.4 Å². The number of carbonyl (C=O) groups excluding carboxylic acids is 1. The summed E-state index contributed by atoms with van der Waals surface area (Å²) in [5, 5.41) is 13.4. The van der Waals surface area contributed by atoms with Gasteiger partial charge in [-0.25, -0.2) is 4.79 Å². The van der Waals surface area contributed by atoms with Gasteiger partial charge in [-0.05, 0) is 92.5 Å². The molecule has 1 aliphatic carbocycles. The van der Waals surface area contributed by atoms with Gasteiger partial charge in [0.15, 0.2) is 6.10 Å². The van der Waals surface area contributed by atoms with Crippen LogP contribution in [-0.4, -0.2) is 27.7 Å². The Morgan fingerprint density at radius 2 is 1.82 bits per heavy atom. The zero-order valence-electron chi connectivity index (χ0n) is 22.3. The third-order valence-corrected chi connectivity index (χ3v) is 7.63. The van der Waals surface area contributed by atoms with Crippen molar-refractivity contribution >= 4 is 22.8 Å². The van der Waals surface area contributed by atoms with E-state index < -0.39 is 12.1 Å². The monoisotopic (exact) mass is 510 g/mol. The zero-order chi connectivity index (χ0) is 27.0. The molecule has 1 aliphatic rings. The minimum Gasteiger partial charge on any atom is -0.479 e. The summed E-state index contributed by atoms with van der Waals surface area (Å²) < 4.78 is 7.68. The standard InChI is InChI=1S/C32H34N2O4/c1-19(24-8-6-9-25(17-24)23-11-12-23)33-31(35)26-13-14-28-29(20(2)34(4)30(28)18-26)16-22-7-5-10-27(15-22)38-21(3)32(36)37/h5-10,13-15,17-19,21,23H,11-12,16H2,1-4H3,(H,33,35)(H,36,37)/t19-,21?/m0/s1. The Hall–Kier alpha value is -4.06. The Morgan fingerprint density at radius 3 is 2.55 bits per heavy atom. The van der Waals surface area contributed by atoms with Crippen LogP contribution in [0.3, 0.4) is 0 Å². The minimum absolute atomic E-state index is 0.0825. The number of fused-ring (bicyclic) bond motifs is 1. The van der Waals surface area contributed by atoms with E-state index in [0.717, 1.165) is 27.7 Å². The molecule has 38 heavy (non-hydrogen) atoms. The van der Waals surface area contributed by atoms with Crippen molar-refractivity contribution in [3.05, 3.63) is 100 Å².